The van der Waals surface area contributed by atoms with Crippen LogP contribution in [0.15, 0.2) is 54.7 Å². The molecule has 0 unspecified atom stereocenters. The lowest BCUT2D eigenvalue weighted by Gasteiger charge is -2.08. The molecule has 8 heteroatoms. The number of amides is 1. The van der Waals surface area contributed by atoms with E-state index < -0.39 is 0 Å². The zero-order valence-electron chi connectivity index (χ0n) is 15.8. The van der Waals surface area contributed by atoms with Crippen LogP contribution in [-0.2, 0) is 6.42 Å². The van der Waals surface area contributed by atoms with Crippen LogP contribution < -0.4 is 24.8 Å². The van der Waals surface area contributed by atoms with Crippen LogP contribution in [0.3, 0.4) is 0 Å². The summed E-state index contributed by atoms with van der Waals surface area (Å²) in [6.07, 6.45) is 2.23. The van der Waals surface area contributed by atoms with Gasteiger partial charge in [-0.1, -0.05) is 12.1 Å². The van der Waals surface area contributed by atoms with Crippen molar-refractivity contribution in [2.45, 2.75) is 6.42 Å². The van der Waals surface area contributed by atoms with Gasteiger partial charge in [0.15, 0.2) is 11.5 Å². The molecule has 2 N–H and O–H groups in total. The average Bonchev–Trinajstić information content (AvgIpc) is 3.22. The third-order valence-electron chi connectivity index (χ3n) is 4.35. The van der Waals surface area contributed by atoms with Gasteiger partial charge in [0.25, 0.3) is 5.91 Å². The van der Waals surface area contributed by atoms with Gasteiger partial charge in [0.2, 0.25) is 12.7 Å². The van der Waals surface area contributed by atoms with E-state index >= 15 is 0 Å². The lowest BCUT2D eigenvalue weighted by molar-refractivity contribution is 0.0949. The molecule has 1 aliphatic heterocycles. The molecule has 0 aliphatic carbocycles. The Bertz CT molecular complexity index is 1030. The molecule has 0 bridgehead atoms. The number of aromatic nitrogens is 2. The van der Waals surface area contributed by atoms with Crippen molar-refractivity contribution in [2.75, 3.05) is 25.8 Å². The van der Waals surface area contributed by atoms with Crippen molar-refractivity contribution in [1.29, 1.82) is 0 Å². The first-order valence-electron chi connectivity index (χ1n) is 9.12. The second-order valence-electron chi connectivity index (χ2n) is 6.32. The molecule has 3 aromatic rings. The quantitative estimate of drug-likeness (QED) is 0.638. The van der Waals surface area contributed by atoms with Gasteiger partial charge in [0.05, 0.1) is 7.11 Å². The molecule has 0 saturated heterocycles. The molecule has 2 aromatic carbocycles. The van der Waals surface area contributed by atoms with Crippen molar-refractivity contribution in [3.63, 3.8) is 0 Å². The van der Waals surface area contributed by atoms with Gasteiger partial charge in [-0.05, 0) is 42.3 Å². The van der Waals surface area contributed by atoms with E-state index in [1.54, 1.807) is 31.5 Å². The highest BCUT2D eigenvalue weighted by Crippen LogP contribution is 2.34. The largest absolute Gasteiger partial charge is 0.497 e. The number of carbonyl (C=O) groups excluding carboxylic acids is 1. The first-order chi connectivity index (χ1) is 14.2. The molecule has 4 rings (SSSR count). The SMILES string of the molecule is COc1cccc(CCNC(=O)c2ccnc(Nc3ccc4c(c3)OCO4)n2)c1. The smallest absolute Gasteiger partial charge is 0.270 e. The van der Waals surface area contributed by atoms with E-state index in [4.69, 9.17) is 14.2 Å². The number of hydrogen-bond donors (Lipinski definition) is 2. The molecule has 0 radical (unpaired) electrons. The normalized spacial score (nSPS) is 11.8. The van der Waals surface area contributed by atoms with Crippen molar-refractivity contribution in [1.82, 2.24) is 15.3 Å². The van der Waals surface area contributed by atoms with E-state index in [9.17, 15) is 4.79 Å². The summed E-state index contributed by atoms with van der Waals surface area (Å²) in [5, 5.41) is 5.95. The molecule has 1 aliphatic rings. The summed E-state index contributed by atoms with van der Waals surface area (Å²) in [4.78, 5) is 20.9. The number of hydrogen-bond acceptors (Lipinski definition) is 7. The lowest BCUT2D eigenvalue weighted by Crippen LogP contribution is -2.26. The van der Waals surface area contributed by atoms with Gasteiger partial charge in [-0.25, -0.2) is 9.97 Å². The molecule has 148 valence electrons. The van der Waals surface area contributed by atoms with Gasteiger partial charge in [-0.2, -0.15) is 0 Å². The van der Waals surface area contributed by atoms with Crippen LogP contribution in [0.4, 0.5) is 11.6 Å². The molecular weight excluding hydrogens is 372 g/mol. The van der Waals surface area contributed by atoms with E-state index in [0.29, 0.717) is 30.4 Å². The summed E-state index contributed by atoms with van der Waals surface area (Å²) in [5.41, 5.74) is 2.11. The highest BCUT2D eigenvalue weighted by molar-refractivity contribution is 5.92. The number of rotatable bonds is 7. The van der Waals surface area contributed by atoms with Gasteiger partial charge in [-0.3, -0.25) is 4.79 Å². The molecule has 0 fully saturated rings. The number of carbonyl (C=O) groups is 1. The highest BCUT2D eigenvalue weighted by atomic mass is 16.7. The number of anilines is 2. The van der Waals surface area contributed by atoms with E-state index in [-0.39, 0.29) is 18.4 Å². The molecule has 0 spiro atoms. The Kier molecular flexibility index (Phi) is 5.42. The summed E-state index contributed by atoms with van der Waals surface area (Å²) in [6, 6.07) is 14.8. The number of nitrogens with zero attached hydrogens (tertiary/aromatic N) is 2. The summed E-state index contributed by atoms with van der Waals surface area (Å²) in [7, 11) is 1.63. The van der Waals surface area contributed by atoms with Gasteiger partial charge in [0, 0.05) is 24.5 Å². The third-order valence-corrected chi connectivity index (χ3v) is 4.35. The second kappa shape index (κ2) is 8.47. The Balaban J connectivity index is 1.35. The zero-order valence-corrected chi connectivity index (χ0v) is 15.8. The Labute approximate surface area is 167 Å². The number of nitrogens with one attached hydrogen (secondary N) is 2. The fourth-order valence-corrected chi connectivity index (χ4v) is 2.89. The predicted molar refractivity (Wildman–Crippen MR) is 107 cm³/mol. The predicted octanol–water partition coefficient (Wildman–Crippen LogP) is 2.93. The van der Waals surface area contributed by atoms with Gasteiger partial charge >= 0.3 is 0 Å². The van der Waals surface area contributed by atoms with Crippen LogP contribution >= 0.6 is 0 Å². The molecule has 8 nitrogen and oxygen atoms in total. The van der Waals surface area contributed by atoms with Crippen LogP contribution in [0, 0.1) is 0 Å². The Morgan fingerprint density at radius 2 is 2.03 bits per heavy atom. The van der Waals surface area contributed by atoms with Crippen molar-refractivity contribution < 1.29 is 19.0 Å². The summed E-state index contributed by atoms with van der Waals surface area (Å²) >= 11 is 0. The first-order valence-corrected chi connectivity index (χ1v) is 9.12. The zero-order chi connectivity index (χ0) is 20.1. The van der Waals surface area contributed by atoms with Gasteiger partial charge < -0.3 is 24.8 Å². The molecule has 2 heterocycles. The van der Waals surface area contributed by atoms with Crippen LogP contribution in [-0.4, -0.2) is 36.3 Å². The van der Waals surface area contributed by atoms with Crippen LogP contribution in [0.2, 0.25) is 0 Å². The summed E-state index contributed by atoms with van der Waals surface area (Å²) in [6.45, 7) is 0.696. The van der Waals surface area contributed by atoms with Crippen molar-refractivity contribution >= 4 is 17.5 Å². The molecule has 1 aromatic heterocycles. The maximum atomic E-state index is 12.4. The fourth-order valence-electron chi connectivity index (χ4n) is 2.89. The standard InChI is InChI=1S/C21H20N4O4/c1-27-16-4-2-3-14(11-16)7-9-22-20(26)17-8-10-23-21(25-17)24-15-5-6-18-19(12-15)29-13-28-18/h2-6,8,10-12H,7,9,13H2,1H3,(H,22,26)(H,23,24,25). The average molecular weight is 392 g/mol. The molecular formula is C21H20N4O4. The number of methoxy groups -OCH3 is 1. The van der Waals surface area contributed by atoms with Gasteiger partial charge in [-0.15, -0.1) is 0 Å². The molecule has 1 amide bonds. The van der Waals surface area contributed by atoms with E-state index in [0.717, 1.165) is 17.0 Å². The number of ether oxygens (including phenoxy) is 3. The summed E-state index contributed by atoms with van der Waals surface area (Å²) < 4.78 is 15.9. The minimum atomic E-state index is -0.260. The second-order valence-corrected chi connectivity index (χ2v) is 6.32. The minimum absolute atomic E-state index is 0.209. The first kappa shape index (κ1) is 18.5. The third kappa shape index (κ3) is 4.55. The fraction of sp³-hybridized carbons (Fsp3) is 0.190. The van der Waals surface area contributed by atoms with Crippen LogP contribution in [0.5, 0.6) is 17.2 Å². The topological polar surface area (TPSA) is 94.6 Å². The van der Waals surface area contributed by atoms with Crippen LogP contribution in [0.1, 0.15) is 16.1 Å². The maximum absolute atomic E-state index is 12.4. The van der Waals surface area contributed by atoms with Crippen molar-refractivity contribution in [3.8, 4) is 17.2 Å². The summed E-state index contributed by atoms with van der Waals surface area (Å²) in [5.74, 6) is 2.21. The van der Waals surface area contributed by atoms with E-state index in [2.05, 4.69) is 20.6 Å². The van der Waals surface area contributed by atoms with Crippen molar-refractivity contribution in [2.24, 2.45) is 0 Å². The molecule has 0 atom stereocenters. The number of fused-ring (bicyclic) bond motifs is 1. The Hall–Kier alpha value is -3.81. The minimum Gasteiger partial charge on any atom is -0.497 e. The number of benzene rings is 2. The Morgan fingerprint density at radius 1 is 1.14 bits per heavy atom. The Morgan fingerprint density at radius 3 is 2.93 bits per heavy atom. The lowest BCUT2D eigenvalue weighted by atomic mass is 10.1. The van der Waals surface area contributed by atoms with Crippen molar-refractivity contribution in [3.05, 3.63) is 66.0 Å². The van der Waals surface area contributed by atoms with Gasteiger partial charge in [0.1, 0.15) is 11.4 Å². The van der Waals surface area contributed by atoms with E-state index in [1.165, 1.54) is 0 Å². The maximum Gasteiger partial charge on any atom is 0.270 e. The van der Waals surface area contributed by atoms with E-state index in [1.807, 2.05) is 30.3 Å². The molecule has 0 saturated carbocycles. The monoisotopic (exact) mass is 392 g/mol. The highest BCUT2D eigenvalue weighted by Gasteiger charge is 2.14. The van der Waals surface area contributed by atoms with Crippen LogP contribution in [0.25, 0.3) is 0 Å². The molecule has 29 heavy (non-hydrogen) atoms.